The van der Waals surface area contributed by atoms with Gasteiger partial charge in [0.15, 0.2) is 5.96 Å². The summed E-state index contributed by atoms with van der Waals surface area (Å²) in [5, 5.41) is 16.9. The highest BCUT2D eigenvalue weighted by Crippen LogP contribution is 2.22. The van der Waals surface area contributed by atoms with Gasteiger partial charge < -0.3 is 20.2 Å². The first kappa shape index (κ1) is 19.4. The molecule has 1 atom stereocenters. The van der Waals surface area contributed by atoms with Gasteiger partial charge in [-0.05, 0) is 56.4 Å². The van der Waals surface area contributed by atoms with E-state index in [0.29, 0.717) is 24.8 Å². The van der Waals surface area contributed by atoms with Gasteiger partial charge >= 0.3 is 0 Å². The highest BCUT2D eigenvalue weighted by atomic mass is 32.2. The van der Waals surface area contributed by atoms with Gasteiger partial charge in [0.25, 0.3) is 0 Å². The van der Waals surface area contributed by atoms with Crippen LogP contribution in [0.15, 0.2) is 50.9 Å². The molecule has 3 N–H and O–H groups in total. The van der Waals surface area contributed by atoms with Crippen LogP contribution in [0.5, 0.6) is 0 Å². The minimum atomic E-state index is -1.10. The molecule has 1 heterocycles. The lowest BCUT2D eigenvalue weighted by molar-refractivity contribution is 0.0386. The molecule has 136 valence electrons. The molecule has 0 spiro atoms. The Morgan fingerprint density at radius 1 is 1.32 bits per heavy atom. The standard InChI is InChI=1S/C19H27N3O2S/c1-5-20-18(22-13-19(3,23)17-7-6-10-24-17)21-12-15-9-8-14(2)11-16(15)25-4/h6-11,23H,5,12-13H2,1-4H3,(H2,20,21,22). The van der Waals surface area contributed by atoms with E-state index in [1.807, 2.05) is 6.92 Å². The molecule has 0 fully saturated rings. The molecular formula is C19H27N3O2S. The van der Waals surface area contributed by atoms with E-state index in [2.05, 4.69) is 47.0 Å². The largest absolute Gasteiger partial charge is 0.466 e. The van der Waals surface area contributed by atoms with Crippen molar-refractivity contribution in [1.82, 2.24) is 10.6 Å². The van der Waals surface area contributed by atoms with Crippen molar-refractivity contribution in [2.24, 2.45) is 4.99 Å². The molecule has 6 heteroatoms. The molecule has 0 bridgehead atoms. The fraction of sp³-hybridized carbons (Fsp3) is 0.421. The zero-order valence-corrected chi connectivity index (χ0v) is 16.1. The predicted octanol–water partition coefficient (Wildman–Crippen LogP) is 3.27. The summed E-state index contributed by atoms with van der Waals surface area (Å²) < 4.78 is 5.31. The molecule has 25 heavy (non-hydrogen) atoms. The quantitative estimate of drug-likeness (QED) is 0.401. The number of hydrogen-bond acceptors (Lipinski definition) is 4. The van der Waals surface area contributed by atoms with E-state index in [1.54, 1.807) is 37.1 Å². The number of furan rings is 1. The van der Waals surface area contributed by atoms with Gasteiger partial charge in [-0.3, -0.25) is 0 Å². The number of nitrogens with one attached hydrogen (secondary N) is 2. The third-order valence-electron chi connectivity index (χ3n) is 3.85. The Balaban J connectivity index is 2.06. The second kappa shape index (κ2) is 8.97. The van der Waals surface area contributed by atoms with Crippen molar-refractivity contribution in [3.8, 4) is 0 Å². The number of rotatable bonds is 7. The Morgan fingerprint density at radius 3 is 2.76 bits per heavy atom. The zero-order valence-electron chi connectivity index (χ0n) is 15.3. The summed E-state index contributed by atoms with van der Waals surface area (Å²) in [5.74, 6) is 1.20. The number of nitrogens with zero attached hydrogens (tertiary/aromatic N) is 1. The molecule has 1 aromatic carbocycles. The van der Waals surface area contributed by atoms with Crippen LogP contribution in [0.25, 0.3) is 0 Å². The second-order valence-corrected chi connectivity index (χ2v) is 6.96. The average Bonchev–Trinajstić information content (AvgIpc) is 3.13. The third kappa shape index (κ3) is 5.54. The zero-order chi connectivity index (χ0) is 18.3. The Morgan fingerprint density at radius 2 is 2.12 bits per heavy atom. The van der Waals surface area contributed by atoms with Gasteiger partial charge in [0.2, 0.25) is 0 Å². The van der Waals surface area contributed by atoms with Crippen LogP contribution in [0.3, 0.4) is 0 Å². The molecule has 0 saturated carbocycles. The molecular weight excluding hydrogens is 334 g/mol. The van der Waals surface area contributed by atoms with E-state index < -0.39 is 5.60 Å². The summed E-state index contributed by atoms with van der Waals surface area (Å²) >= 11 is 1.73. The Labute approximate surface area is 153 Å². The minimum Gasteiger partial charge on any atom is -0.466 e. The summed E-state index contributed by atoms with van der Waals surface area (Å²) in [5.41, 5.74) is 1.33. The molecule has 0 amide bonds. The Bertz CT molecular complexity index is 697. The highest BCUT2D eigenvalue weighted by molar-refractivity contribution is 7.98. The van der Waals surface area contributed by atoms with Crippen molar-refractivity contribution in [1.29, 1.82) is 0 Å². The maximum atomic E-state index is 10.5. The van der Waals surface area contributed by atoms with Crippen LogP contribution >= 0.6 is 11.8 Å². The number of benzene rings is 1. The van der Waals surface area contributed by atoms with Gasteiger partial charge in [0, 0.05) is 11.4 Å². The van der Waals surface area contributed by atoms with Crippen molar-refractivity contribution in [2.45, 2.75) is 37.8 Å². The number of guanidine groups is 1. The van der Waals surface area contributed by atoms with E-state index in [-0.39, 0.29) is 0 Å². The van der Waals surface area contributed by atoms with Crippen LogP contribution in [0.4, 0.5) is 0 Å². The van der Waals surface area contributed by atoms with Gasteiger partial charge in [-0.2, -0.15) is 0 Å². The lowest BCUT2D eigenvalue weighted by Crippen LogP contribution is -2.44. The highest BCUT2D eigenvalue weighted by Gasteiger charge is 2.26. The lowest BCUT2D eigenvalue weighted by Gasteiger charge is -2.22. The number of aliphatic imine (C=N–C) groups is 1. The van der Waals surface area contributed by atoms with Crippen LogP contribution in [0, 0.1) is 6.92 Å². The maximum absolute atomic E-state index is 10.5. The first-order chi connectivity index (χ1) is 12.0. The molecule has 1 aromatic heterocycles. The van der Waals surface area contributed by atoms with Crippen LogP contribution in [0.2, 0.25) is 0 Å². The van der Waals surface area contributed by atoms with Gasteiger partial charge in [-0.25, -0.2) is 4.99 Å². The SMILES string of the molecule is CCNC(=NCc1ccc(C)cc1SC)NCC(C)(O)c1ccco1. The van der Waals surface area contributed by atoms with Gasteiger partial charge in [-0.1, -0.05) is 12.1 Å². The molecule has 0 aliphatic heterocycles. The van der Waals surface area contributed by atoms with E-state index in [1.165, 1.54) is 16.0 Å². The van der Waals surface area contributed by atoms with Gasteiger partial charge in [0.05, 0.1) is 19.4 Å². The summed E-state index contributed by atoms with van der Waals surface area (Å²) in [6.45, 7) is 7.45. The van der Waals surface area contributed by atoms with Crippen LogP contribution in [-0.2, 0) is 12.1 Å². The van der Waals surface area contributed by atoms with E-state index in [0.717, 1.165) is 6.54 Å². The van der Waals surface area contributed by atoms with Crippen molar-refractivity contribution in [2.75, 3.05) is 19.3 Å². The van der Waals surface area contributed by atoms with E-state index >= 15 is 0 Å². The molecule has 1 unspecified atom stereocenters. The molecule has 2 rings (SSSR count). The molecule has 2 aromatic rings. The predicted molar refractivity (Wildman–Crippen MR) is 104 cm³/mol. The molecule has 0 radical (unpaired) electrons. The first-order valence-electron chi connectivity index (χ1n) is 8.38. The second-order valence-electron chi connectivity index (χ2n) is 6.12. The van der Waals surface area contributed by atoms with Gasteiger partial charge in [0.1, 0.15) is 11.4 Å². The molecule has 5 nitrogen and oxygen atoms in total. The number of aryl methyl sites for hydroxylation is 1. The van der Waals surface area contributed by atoms with Crippen molar-refractivity contribution < 1.29 is 9.52 Å². The van der Waals surface area contributed by atoms with Crippen molar-refractivity contribution in [3.63, 3.8) is 0 Å². The molecule has 0 saturated heterocycles. The smallest absolute Gasteiger partial charge is 0.191 e. The topological polar surface area (TPSA) is 69.8 Å². The number of thioether (sulfide) groups is 1. The Hall–Kier alpha value is -1.92. The lowest BCUT2D eigenvalue weighted by atomic mass is 10.0. The summed E-state index contributed by atoms with van der Waals surface area (Å²) in [7, 11) is 0. The summed E-state index contributed by atoms with van der Waals surface area (Å²) in [6, 6.07) is 9.94. The fourth-order valence-corrected chi connectivity index (χ4v) is 3.11. The van der Waals surface area contributed by atoms with E-state index in [9.17, 15) is 5.11 Å². The number of aliphatic hydroxyl groups is 1. The maximum Gasteiger partial charge on any atom is 0.191 e. The molecule has 0 aliphatic carbocycles. The van der Waals surface area contributed by atoms with Crippen LogP contribution in [-0.4, -0.2) is 30.4 Å². The van der Waals surface area contributed by atoms with Gasteiger partial charge in [-0.15, -0.1) is 11.8 Å². The number of hydrogen-bond donors (Lipinski definition) is 3. The fourth-order valence-electron chi connectivity index (χ4n) is 2.42. The average molecular weight is 362 g/mol. The van der Waals surface area contributed by atoms with Crippen molar-refractivity contribution in [3.05, 3.63) is 53.5 Å². The normalized spacial score (nSPS) is 14.2. The summed E-state index contributed by atoms with van der Waals surface area (Å²) in [6.07, 6.45) is 3.64. The van der Waals surface area contributed by atoms with Crippen molar-refractivity contribution >= 4 is 17.7 Å². The van der Waals surface area contributed by atoms with Crippen LogP contribution in [0.1, 0.15) is 30.7 Å². The van der Waals surface area contributed by atoms with E-state index in [4.69, 9.17) is 4.42 Å². The monoisotopic (exact) mass is 361 g/mol. The Kier molecular flexibility index (Phi) is 6.96. The first-order valence-corrected chi connectivity index (χ1v) is 9.61. The summed E-state index contributed by atoms with van der Waals surface area (Å²) in [4.78, 5) is 5.88. The molecule has 0 aliphatic rings. The van der Waals surface area contributed by atoms with Crippen LogP contribution < -0.4 is 10.6 Å². The third-order valence-corrected chi connectivity index (χ3v) is 4.67. The minimum absolute atomic E-state index is 0.301.